The molecule has 0 aliphatic rings. The lowest BCUT2D eigenvalue weighted by molar-refractivity contribution is -0.137. The zero-order chi connectivity index (χ0) is 15.8. The number of alkyl halides is 3. The van der Waals surface area contributed by atoms with E-state index in [0.29, 0.717) is 10.2 Å². The first-order chi connectivity index (χ1) is 9.70. The minimum atomic E-state index is -4.41. The summed E-state index contributed by atoms with van der Waals surface area (Å²) in [6.45, 7) is 3.83. The Bertz CT molecular complexity index is 672. The minimum absolute atomic E-state index is 0.0597. The lowest BCUT2D eigenvalue weighted by atomic mass is 10.1. The molecule has 1 heterocycles. The second-order valence-corrected chi connectivity index (χ2v) is 5.92. The predicted molar refractivity (Wildman–Crippen MR) is 79.3 cm³/mol. The third-order valence-corrected chi connectivity index (χ3v) is 4.11. The second-order valence-electron chi connectivity index (χ2n) is 4.77. The topological polar surface area (TPSA) is 25.8 Å². The Morgan fingerprint density at radius 3 is 2.43 bits per heavy atom. The maximum absolute atomic E-state index is 12.8. The highest BCUT2D eigenvalue weighted by Gasteiger charge is 2.30. The molecule has 112 valence electrons. The van der Waals surface area contributed by atoms with Crippen LogP contribution in [0.15, 0.2) is 28.7 Å². The van der Waals surface area contributed by atoms with Gasteiger partial charge in [0.15, 0.2) is 5.82 Å². The average molecular weight is 380 g/mol. The Balaban J connectivity index is 2.57. The molecule has 0 atom stereocenters. The lowest BCUT2D eigenvalue weighted by Gasteiger charge is -2.12. The van der Waals surface area contributed by atoms with Gasteiger partial charge in [-0.3, -0.25) is 0 Å². The number of hydrogen-bond acceptors (Lipinski definition) is 2. The molecule has 0 saturated carbocycles. The molecule has 2 nitrogen and oxygen atoms in total. The molecule has 1 aromatic carbocycles. The van der Waals surface area contributed by atoms with Gasteiger partial charge < -0.3 is 0 Å². The molecule has 1 aromatic heterocycles. The summed E-state index contributed by atoms with van der Waals surface area (Å²) >= 11 is 9.32. The van der Waals surface area contributed by atoms with Crippen molar-refractivity contribution in [2.24, 2.45) is 0 Å². The molecular formula is C14H11BrClF3N2. The van der Waals surface area contributed by atoms with Gasteiger partial charge in [-0.25, -0.2) is 9.97 Å². The van der Waals surface area contributed by atoms with Gasteiger partial charge in [0.2, 0.25) is 0 Å². The van der Waals surface area contributed by atoms with Gasteiger partial charge >= 0.3 is 6.18 Å². The summed E-state index contributed by atoms with van der Waals surface area (Å²) in [4.78, 5) is 8.37. The summed E-state index contributed by atoms with van der Waals surface area (Å²) in [5.41, 5.74) is 0.192. The molecule has 0 unspecified atom stereocenters. The van der Waals surface area contributed by atoms with Gasteiger partial charge in [0.25, 0.3) is 0 Å². The van der Waals surface area contributed by atoms with E-state index >= 15 is 0 Å². The summed E-state index contributed by atoms with van der Waals surface area (Å²) in [5.74, 6) is 0.238. The van der Waals surface area contributed by atoms with E-state index in [9.17, 15) is 13.2 Å². The van der Waals surface area contributed by atoms with Gasteiger partial charge in [0.05, 0.1) is 15.7 Å². The number of hydrogen-bond donors (Lipinski definition) is 0. The van der Waals surface area contributed by atoms with Gasteiger partial charge in [-0.1, -0.05) is 37.6 Å². The summed E-state index contributed by atoms with van der Waals surface area (Å²) in [6.07, 6.45) is -4.41. The molecule has 0 radical (unpaired) electrons. The van der Waals surface area contributed by atoms with Crippen LogP contribution in [0.5, 0.6) is 0 Å². The van der Waals surface area contributed by atoms with Crippen molar-refractivity contribution in [2.45, 2.75) is 25.9 Å². The lowest BCUT2D eigenvalue weighted by Crippen LogP contribution is -2.05. The summed E-state index contributed by atoms with van der Waals surface area (Å²) in [5, 5.41) is 0.182. The fourth-order valence-electron chi connectivity index (χ4n) is 1.78. The molecule has 2 aromatic rings. The molecule has 0 spiro atoms. The van der Waals surface area contributed by atoms with Gasteiger partial charge in [-0.15, -0.1) is 0 Å². The van der Waals surface area contributed by atoms with Crippen molar-refractivity contribution in [2.75, 3.05) is 0 Å². The monoisotopic (exact) mass is 378 g/mol. The third kappa shape index (κ3) is 3.55. The smallest absolute Gasteiger partial charge is 0.232 e. The van der Waals surface area contributed by atoms with Gasteiger partial charge in [-0.2, -0.15) is 13.2 Å². The average Bonchev–Trinajstić information content (AvgIpc) is 2.40. The second kappa shape index (κ2) is 5.93. The van der Waals surface area contributed by atoms with E-state index in [1.165, 1.54) is 12.1 Å². The summed E-state index contributed by atoms with van der Waals surface area (Å²) < 4.78 is 38.8. The maximum atomic E-state index is 12.8. The van der Waals surface area contributed by atoms with E-state index in [0.717, 1.165) is 12.1 Å². The molecule has 0 aliphatic heterocycles. The molecule has 0 fully saturated rings. The highest BCUT2D eigenvalue weighted by atomic mass is 79.9. The standard InChI is InChI=1S/C14H11BrClF3N2/c1-7(2)11-10(15)12(16)21-13(20-11)8-4-3-5-9(6-8)14(17,18)19/h3-7H,1-2H3. The predicted octanol–water partition coefficient (Wildman–Crippen LogP) is 5.70. The first-order valence-corrected chi connectivity index (χ1v) is 7.28. The Morgan fingerprint density at radius 1 is 1.19 bits per heavy atom. The first-order valence-electron chi connectivity index (χ1n) is 6.10. The fraction of sp³-hybridized carbons (Fsp3) is 0.286. The van der Waals surface area contributed by atoms with Crippen LogP contribution in [-0.2, 0) is 6.18 Å². The van der Waals surface area contributed by atoms with Crippen LogP contribution in [0.4, 0.5) is 13.2 Å². The highest BCUT2D eigenvalue weighted by Crippen LogP contribution is 2.34. The third-order valence-electron chi connectivity index (χ3n) is 2.83. The Hall–Kier alpha value is -1.14. The molecule has 0 aliphatic carbocycles. The first kappa shape index (κ1) is 16.2. The number of nitrogens with zero attached hydrogens (tertiary/aromatic N) is 2. The molecular weight excluding hydrogens is 369 g/mol. The van der Waals surface area contributed by atoms with Gasteiger partial charge in [-0.05, 0) is 34.0 Å². The SMILES string of the molecule is CC(C)c1nc(-c2cccc(C(F)(F)F)c2)nc(Cl)c1Br. The van der Waals surface area contributed by atoms with Crippen LogP contribution in [-0.4, -0.2) is 9.97 Å². The van der Waals surface area contributed by atoms with Crippen LogP contribution in [0.2, 0.25) is 5.15 Å². The van der Waals surface area contributed by atoms with Crippen LogP contribution in [0.25, 0.3) is 11.4 Å². The summed E-state index contributed by atoms with van der Waals surface area (Å²) in [6, 6.07) is 4.88. The quantitative estimate of drug-likeness (QED) is 0.625. The largest absolute Gasteiger partial charge is 0.416 e. The fourth-order valence-corrected chi connectivity index (χ4v) is 2.59. The van der Waals surface area contributed by atoms with Crippen molar-refractivity contribution in [3.8, 4) is 11.4 Å². The van der Waals surface area contributed by atoms with Crippen molar-refractivity contribution in [1.29, 1.82) is 0 Å². The number of benzene rings is 1. The van der Waals surface area contributed by atoms with Gasteiger partial charge in [0.1, 0.15) is 5.15 Å². The van der Waals surface area contributed by atoms with E-state index in [1.807, 2.05) is 13.8 Å². The number of halogens is 5. The Labute approximate surface area is 133 Å². The van der Waals surface area contributed by atoms with Crippen LogP contribution in [0.3, 0.4) is 0 Å². The van der Waals surface area contributed by atoms with Crippen molar-refractivity contribution < 1.29 is 13.2 Å². The Kier molecular flexibility index (Phi) is 4.58. The normalized spacial score (nSPS) is 12.0. The van der Waals surface area contributed by atoms with Crippen LogP contribution >= 0.6 is 27.5 Å². The van der Waals surface area contributed by atoms with Crippen LogP contribution in [0.1, 0.15) is 31.0 Å². The highest BCUT2D eigenvalue weighted by molar-refractivity contribution is 9.10. The van der Waals surface area contributed by atoms with Gasteiger partial charge in [0, 0.05) is 5.56 Å². The number of rotatable bonds is 2. The van der Waals surface area contributed by atoms with Crippen molar-refractivity contribution in [1.82, 2.24) is 9.97 Å². The van der Waals surface area contributed by atoms with Crippen LogP contribution in [0, 0.1) is 0 Å². The molecule has 0 N–H and O–H groups in total. The molecule has 21 heavy (non-hydrogen) atoms. The minimum Gasteiger partial charge on any atom is -0.232 e. The number of aromatic nitrogens is 2. The van der Waals surface area contributed by atoms with Crippen molar-refractivity contribution >= 4 is 27.5 Å². The van der Waals surface area contributed by atoms with Crippen LogP contribution < -0.4 is 0 Å². The van der Waals surface area contributed by atoms with E-state index in [2.05, 4.69) is 25.9 Å². The zero-order valence-corrected chi connectivity index (χ0v) is 13.5. The van der Waals surface area contributed by atoms with Crippen molar-refractivity contribution in [3.05, 3.63) is 45.1 Å². The molecule has 0 amide bonds. The molecule has 0 bridgehead atoms. The zero-order valence-electron chi connectivity index (χ0n) is 11.2. The van der Waals surface area contributed by atoms with E-state index in [4.69, 9.17) is 11.6 Å². The Morgan fingerprint density at radius 2 is 1.86 bits per heavy atom. The molecule has 7 heteroatoms. The van der Waals surface area contributed by atoms with Crippen molar-refractivity contribution in [3.63, 3.8) is 0 Å². The van der Waals surface area contributed by atoms with E-state index in [1.54, 1.807) is 0 Å². The molecule has 0 saturated heterocycles. The van der Waals surface area contributed by atoms with E-state index in [-0.39, 0.29) is 22.5 Å². The van der Waals surface area contributed by atoms with E-state index < -0.39 is 11.7 Å². The molecule has 2 rings (SSSR count). The maximum Gasteiger partial charge on any atom is 0.416 e. The summed E-state index contributed by atoms with van der Waals surface area (Å²) in [7, 11) is 0.